The van der Waals surface area contributed by atoms with Crippen LogP contribution in [0.4, 0.5) is 0 Å². The average molecular weight is 250 g/mol. The summed E-state index contributed by atoms with van der Waals surface area (Å²) in [4.78, 5) is 11.7. The van der Waals surface area contributed by atoms with Crippen LogP contribution in [0.2, 0.25) is 0 Å². The number of nitrogens with one attached hydrogen (secondary N) is 1. The maximum absolute atomic E-state index is 12.1. The van der Waals surface area contributed by atoms with Crippen LogP contribution in [0, 0.1) is 5.21 Å². The van der Waals surface area contributed by atoms with E-state index in [2.05, 4.69) is 5.32 Å². The quantitative estimate of drug-likeness (QED) is 0.634. The van der Waals surface area contributed by atoms with E-state index in [0.717, 1.165) is 0 Å². The van der Waals surface area contributed by atoms with Gasteiger partial charge in [0.2, 0.25) is 0 Å². The number of carbonyl (C=O) groups is 1. The van der Waals surface area contributed by atoms with E-state index < -0.39 is 0 Å². The first kappa shape index (κ1) is 13.0. The van der Waals surface area contributed by atoms with E-state index in [0.29, 0.717) is 45.0 Å². The van der Waals surface area contributed by atoms with Gasteiger partial charge in [0.1, 0.15) is 13.1 Å². The predicted octanol–water partition coefficient (Wildman–Crippen LogP) is 0.761. The number of quaternary nitrogens is 1. The number of ether oxygens (including phenoxy) is 1. The van der Waals surface area contributed by atoms with Gasteiger partial charge < -0.3 is 19.9 Å². The molecule has 0 saturated carbocycles. The minimum absolute atomic E-state index is 0.129. The summed E-state index contributed by atoms with van der Waals surface area (Å²) in [6, 6.07) is 9.01. The van der Waals surface area contributed by atoms with Crippen molar-refractivity contribution >= 4 is 5.91 Å². The molecule has 1 aliphatic heterocycles. The van der Waals surface area contributed by atoms with Crippen molar-refractivity contribution in [1.82, 2.24) is 5.32 Å². The number of benzene rings is 1. The summed E-state index contributed by atoms with van der Waals surface area (Å²) in [6.45, 7) is 2.77. The summed E-state index contributed by atoms with van der Waals surface area (Å²) < 4.78 is 4.89. The number of hydrogen-bond donors (Lipinski definition) is 1. The van der Waals surface area contributed by atoms with Gasteiger partial charge in [-0.2, -0.15) is 0 Å². The minimum Gasteiger partial charge on any atom is -0.633 e. The molecule has 1 saturated heterocycles. The van der Waals surface area contributed by atoms with Crippen molar-refractivity contribution in [3.8, 4) is 0 Å². The van der Waals surface area contributed by atoms with Gasteiger partial charge in [-0.05, 0) is 12.1 Å². The van der Waals surface area contributed by atoms with Gasteiger partial charge in [-0.3, -0.25) is 4.79 Å². The zero-order chi connectivity index (χ0) is 12.8. The van der Waals surface area contributed by atoms with Gasteiger partial charge >= 0.3 is 0 Å². The van der Waals surface area contributed by atoms with Crippen LogP contribution >= 0.6 is 0 Å². The fourth-order valence-corrected chi connectivity index (χ4v) is 1.96. The predicted molar refractivity (Wildman–Crippen MR) is 67.8 cm³/mol. The summed E-state index contributed by atoms with van der Waals surface area (Å²) in [6.07, 6.45) is 0. The molecule has 1 N–H and O–H groups in total. The molecular formula is C13H18N2O3. The smallest absolute Gasteiger partial charge is 0.251 e. The second-order valence-electron chi connectivity index (χ2n) is 4.46. The summed E-state index contributed by atoms with van der Waals surface area (Å²) in [5.41, 5.74) is 0.622. The number of rotatable bonds is 4. The molecule has 18 heavy (non-hydrogen) atoms. The van der Waals surface area contributed by atoms with E-state index in [4.69, 9.17) is 4.74 Å². The lowest BCUT2D eigenvalue weighted by Gasteiger charge is -2.45. The molecule has 0 radical (unpaired) electrons. The Morgan fingerprint density at radius 3 is 2.61 bits per heavy atom. The van der Waals surface area contributed by atoms with Crippen LogP contribution in [-0.4, -0.2) is 49.9 Å². The summed E-state index contributed by atoms with van der Waals surface area (Å²) >= 11 is 0. The van der Waals surface area contributed by atoms with Crippen molar-refractivity contribution in [1.29, 1.82) is 0 Å². The fourth-order valence-electron chi connectivity index (χ4n) is 1.96. The monoisotopic (exact) mass is 250 g/mol. The van der Waals surface area contributed by atoms with Crippen LogP contribution in [0.15, 0.2) is 30.3 Å². The van der Waals surface area contributed by atoms with Crippen molar-refractivity contribution in [2.24, 2.45) is 0 Å². The molecule has 98 valence electrons. The molecular weight excluding hydrogens is 232 g/mol. The molecule has 5 nitrogen and oxygen atoms in total. The molecule has 0 unspecified atom stereocenters. The molecule has 1 fully saturated rings. The van der Waals surface area contributed by atoms with Gasteiger partial charge in [-0.1, -0.05) is 18.2 Å². The van der Waals surface area contributed by atoms with E-state index in [1.54, 1.807) is 12.1 Å². The molecule has 1 aliphatic rings. The van der Waals surface area contributed by atoms with Gasteiger partial charge in [0, 0.05) is 5.56 Å². The average Bonchev–Trinajstić information content (AvgIpc) is 2.40. The van der Waals surface area contributed by atoms with Crippen molar-refractivity contribution in [3.63, 3.8) is 0 Å². The molecule has 1 aromatic rings. The maximum atomic E-state index is 12.1. The fraction of sp³-hybridized carbons (Fsp3) is 0.462. The van der Waals surface area contributed by atoms with E-state index in [-0.39, 0.29) is 10.6 Å². The first-order valence-corrected chi connectivity index (χ1v) is 6.18. The third-order valence-electron chi connectivity index (χ3n) is 3.13. The van der Waals surface area contributed by atoms with Crippen LogP contribution < -0.4 is 5.32 Å². The molecule has 1 heterocycles. The molecule has 0 atom stereocenters. The first-order chi connectivity index (χ1) is 8.70. The molecule has 1 aromatic carbocycles. The second kappa shape index (κ2) is 5.95. The third-order valence-corrected chi connectivity index (χ3v) is 3.13. The Morgan fingerprint density at radius 1 is 1.28 bits per heavy atom. The zero-order valence-electron chi connectivity index (χ0n) is 10.3. The number of amides is 1. The SMILES string of the molecule is O=C(NCC[N+]1([O-])CCOCC1)c1ccccc1. The van der Waals surface area contributed by atoms with E-state index in [1.807, 2.05) is 18.2 Å². The van der Waals surface area contributed by atoms with Crippen molar-refractivity contribution in [3.05, 3.63) is 41.1 Å². The minimum atomic E-state index is -0.269. The molecule has 0 spiro atoms. The van der Waals surface area contributed by atoms with Crippen LogP contribution in [0.25, 0.3) is 0 Å². The van der Waals surface area contributed by atoms with E-state index in [9.17, 15) is 10.0 Å². The van der Waals surface area contributed by atoms with E-state index >= 15 is 0 Å². The van der Waals surface area contributed by atoms with Crippen LogP contribution in [0.3, 0.4) is 0 Å². The lowest BCUT2D eigenvalue weighted by Crippen LogP contribution is -2.53. The molecule has 0 aromatic heterocycles. The van der Waals surface area contributed by atoms with Gasteiger partial charge in [0.25, 0.3) is 5.91 Å². The van der Waals surface area contributed by atoms with Crippen LogP contribution in [0.1, 0.15) is 10.4 Å². The molecule has 0 bridgehead atoms. The Hall–Kier alpha value is -1.43. The topological polar surface area (TPSA) is 61.4 Å². The van der Waals surface area contributed by atoms with Gasteiger partial charge in [-0.15, -0.1) is 0 Å². The molecule has 2 rings (SSSR count). The Labute approximate surface area is 107 Å². The molecule has 1 amide bonds. The molecule has 0 aliphatic carbocycles. The van der Waals surface area contributed by atoms with Crippen molar-refractivity contribution < 1.29 is 14.2 Å². The van der Waals surface area contributed by atoms with Crippen molar-refractivity contribution in [2.45, 2.75) is 0 Å². The van der Waals surface area contributed by atoms with Crippen LogP contribution in [0.5, 0.6) is 0 Å². The third kappa shape index (κ3) is 3.53. The largest absolute Gasteiger partial charge is 0.633 e. The standard InChI is InChI=1S/C13H18N2O3/c16-13(12-4-2-1-3-5-12)14-6-7-15(17)8-10-18-11-9-15/h1-5H,6-11H2,(H,14,16). The lowest BCUT2D eigenvalue weighted by molar-refractivity contribution is -0.887. The normalized spacial score (nSPS) is 18.3. The maximum Gasteiger partial charge on any atom is 0.251 e. The second-order valence-corrected chi connectivity index (χ2v) is 4.46. The first-order valence-electron chi connectivity index (χ1n) is 6.18. The number of morpholine rings is 1. The Morgan fingerprint density at radius 2 is 1.94 bits per heavy atom. The van der Waals surface area contributed by atoms with Gasteiger partial charge in [-0.25, -0.2) is 0 Å². The van der Waals surface area contributed by atoms with Gasteiger partial charge in [0.05, 0.1) is 26.3 Å². The van der Waals surface area contributed by atoms with Crippen molar-refractivity contribution in [2.75, 3.05) is 39.4 Å². The summed E-state index contributed by atoms with van der Waals surface area (Å²) in [5.74, 6) is -0.129. The highest BCUT2D eigenvalue weighted by molar-refractivity contribution is 5.94. The number of hydroxylamine groups is 3. The lowest BCUT2D eigenvalue weighted by atomic mass is 10.2. The number of hydrogen-bond acceptors (Lipinski definition) is 3. The Bertz CT molecular complexity index is 388. The summed E-state index contributed by atoms with van der Waals surface area (Å²) in [7, 11) is 0. The number of carbonyl (C=O) groups excluding carboxylic acids is 1. The Kier molecular flexibility index (Phi) is 4.30. The van der Waals surface area contributed by atoms with Gasteiger partial charge in [0.15, 0.2) is 0 Å². The molecule has 5 heteroatoms. The highest BCUT2D eigenvalue weighted by atomic mass is 16.6. The van der Waals surface area contributed by atoms with Crippen LogP contribution in [-0.2, 0) is 4.74 Å². The highest BCUT2D eigenvalue weighted by Gasteiger charge is 2.20. The highest BCUT2D eigenvalue weighted by Crippen LogP contribution is 2.07. The number of nitrogens with zero attached hydrogens (tertiary/aromatic N) is 1. The zero-order valence-corrected chi connectivity index (χ0v) is 10.3. The summed E-state index contributed by atoms with van der Waals surface area (Å²) in [5, 5.41) is 14.9. The van der Waals surface area contributed by atoms with E-state index in [1.165, 1.54) is 0 Å². The Balaban J connectivity index is 1.77.